The maximum Gasteiger partial charge on any atom is 0.305 e. The summed E-state index contributed by atoms with van der Waals surface area (Å²) in [4.78, 5) is 15.0. The number of hydrogen-bond acceptors (Lipinski definition) is 2. The van der Waals surface area contributed by atoms with Crippen molar-refractivity contribution in [3.8, 4) is 0 Å². The van der Waals surface area contributed by atoms with Crippen LogP contribution in [-0.2, 0) is 15.6 Å². The molecule has 2 aromatic carbocycles. The fourth-order valence-corrected chi connectivity index (χ4v) is 6.21. The van der Waals surface area contributed by atoms with E-state index in [-0.39, 0.29) is 17.3 Å². The number of nitrogens with zero attached hydrogens (tertiary/aromatic N) is 1. The molecule has 4 nitrogen and oxygen atoms in total. The van der Waals surface area contributed by atoms with Gasteiger partial charge in [0.05, 0.1) is 18.4 Å². The maximum absolute atomic E-state index is 11.3. The number of para-hydroxylation sites is 2. The normalized spacial score (nSPS) is 22.7. The minimum atomic E-state index is -0.777. The molecule has 0 spiro atoms. The third-order valence-corrected chi connectivity index (χ3v) is 8.27. The zero-order valence-corrected chi connectivity index (χ0v) is 23.6. The van der Waals surface area contributed by atoms with E-state index in [1.165, 1.54) is 29.7 Å². The highest BCUT2D eigenvalue weighted by Gasteiger charge is 2.47. The van der Waals surface area contributed by atoms with Crippen molar-refractivity contribution in [1.29, 1.82) is 0 Å². The number of carboxylic acids is 1. The Bertz CT molecular complexity index is 1260. The number of anilines is 1. The molecule has 0 bridgehead atoms. The standard InChI is InChI=1S/C34H42N2O2/c1-6-7-24-35-28-19-15-13-17-26(28)33(2,3)30(35)21-11-9-8-10-12-22-31-34(4,5)27-18-14-16-20-29(27)36(31)25-23-32(37)38/h8-22,30H,6-7,23-25H2,1-5H3,(H,37,38)/p+1/b9-8+,12-10+,21-11+,31-22+. The smallest absolute Gasteiger partial charge is 0.305 e. The lowest BCUT2D eigenvalue weighted by Crippen LogP contribution is -3.10. The van der Waals surface area contributed by atoms with Crippen molar-refractivity contribution in [3.05, 3.63) is 108 Å². The Morgan fingerprint density at radius 3 is 2.34 bits per heavy atom. The van der Waals surface area contributed by atoms with Gasteiger partial charge < -0.3 is 10.0 Å². The number of benzene rings is 2. The molecule has 2 aliphatic rings. The zero-order chi connectivity index (χ0) is 27.3. The molecule has 0 aliphatic carbocycles. The lowest BCUT2D eigenvalue weighted by atomic mass is 9.80. The van der Waals surface area contributed by atoms with Crippen molar-refractivity contribution in [2.75, 3.05) is 18.0 Å². The first kappa shape index (κ1) is 27.7. The van der Waals surface area contributed by atoms with Gasteiger partial charge in [-0.15, -0.1) is 0 Å². The van der Waals surface area contributed by atoms with E-state index < -0.39 is 5.97 Å². The molecule has 0 saturated heterocycles. The van der Waals surface area contributed by atoms with Crippen LogP contribution >= 0.6 is 0 Å². The first-order chi connectivity index (χ1) is 18.2. The lowest BCUT2D eigenvalue weighted by Gasteiger charge is -2.27. The summed E-state index contributed by atoms with van der Waals surface area (Å²) in [6, 6.07) is 17.6. The van der Waals surface area contributed by atoms with Crippen molar-refractivity contribution < 1.29 is 14.8 Å². The Morgan fingerprint density at radius 2 is 1.61 bits per heavy atom. The van der Waals surface area contributed by atoms with Crippen molar-refractivity contribution in [2.24, 2.45) is 0 Å². The first-order valence-corrected chi connectivity index (χ1v) is 14.0. The molecule has 0 radical (unpaired) electrons. The maximum atomic E-state index is 11.3. The molecule has 2 unspecified atom stereocenters. The Labute approximate surface area is 228 Å². The third kappa shape index (κ3) is 5.42. The van der Waals surface area contributed by atoms with E-state index in [0.29, 0.717) is 12.6 Å². The molecule has 2 atom stereocenters. The minimum absolute atomic E-state index is 0.0900. The van der Waals surface area contributed by atoms with Gasteiger partial charge in [-0.05, 0) is 50.1 Å². The fraction of sp³-hybridized carbons (Fsp3) is 0.382. The summed E-state index contributed by atoms with van der Waals surface area (Å²) in [5.74, 6) is -0.777. The number of hydrogen-bond donors (Lipinski definition) is 2. The molecule has 2 aromatic rings. The highest BCUT2D eigenvalue weighted by molar-refractivity contribution is 5.73. The average molecular weight is 512 g/mol. The van der Waals surface area contributed by atoms with Gasteiger partial charge in [0.2, 0.25) is 0 Å². The van der Waals surface area contributed by atoms with Crippen LogP contribution in [0.25, 0.3) is 0 Å². The van der Waals surface area contributed by atoms with Gasteiger partial charge >= 0.3 is 5.97 Å². The quantitative estimate of drug-likeness (QED) is 0.359. The second-order valence-corrected chi connectivity index (χ2v) is 11.5. The van der Waals surface area contributed by atoms with E-state index >= 15 is 0 Å². The van der Waals surface area contributed by atoms with E-state index in [2.05, 4.69) is 125 Å². The van der Waals surface area contributed by atoms with E-state index in [1.54, 1.807) is 4.90 Å². The molecule has 0 amide bonds. The van der Waals surface area contributed by atoms with Gasteiger partial charge in [0, 0.05) is 28.9 Å². The van der Waals surface area contributed by atoms with Crippen LogP contribution in [0.15, 0.2) is 96.8 Å². The summed E-state index contributed by atoms with van der Waals surface area (Å²) in [6.45, 7) is 13.0. The molecule has 38 heavy (non-hydrogen) atoms. The Morgan fingerprint density at radius 1 is 0.947 bits per heavy atom. The van der Waals surface area contributed by atoms with E-state index in [4.69, 9.17) is 0 Å². The monoisotopic (exact) mass is 511 g/mol. The molecular weight excluding hydrogens is 468 g/mol. The number of carboxylic acid groups (broad SMARTS) is 1. The Kier molecular flexibility index (Phi) is 8.42. The number of fused-ring (bicyclic) bond motifs is 2. The van der Waals surface area contributed by atoms with Crippen LogP contribution in [0.2, 0.25) is 0 Å². The average Bonchev–Trinajstić information content (AvgIpc) is 3.24. The van der Waals surface area contributed by atoms with Gasteiger partial charge in [-0.25, -0.2) is 0 Å². The minimum Gasteiger partial charge on any atom is -0.481 e. The van der Waals surface area contributed by atoms with Crippen LogP contribution in [-0.4, -0.2) is 30.2 Å². The molecule has 200 valence electrons. The van der Waals surface area contributed by atoms with Crippen LogP contribution in [0.5, 0.6) is 0 Å². The summed E-state index contributed by atoms with van der Waals surface area (Å²) in [7, 11) is 0. The number of rotatable bonds is 10. The molecule has 4 heteroatoms. The van der Waals surface area contributed by atoms with Gasteiger partial charge in [0.25, 0.3) is 0 Å². The molecule has 0 aromatic heterocycles. The number of aliphatic carboxylic acids is 1. The zero-order valence-electron chi connectivity index (χ0n) is 23.6. The summed E-state index contributed by atoms with van der Waals surface area (Å²) >= 11 is 0. The van der Waals surface area contributed by atoms with E-state index in [9.17, 15) is 9.90 Å². The molecule has 2 heterocycles. The van der Waals surface area contributed by atoms with E-state index in [0.717, 1.165) is 17.9 Å². The number of carbonyl (C=O) groups is 1. The lowest BCUT2D eigenvalue weighted by molar-refractivity contribution is -0.850. The predicted molar refractivity (Wildman–Crippen MR) is 158 cm³/mol. The van der Waals surface area contributed by atoms with Crippen LogP contribution in [0.1, 0.15) is 65.0 Å². The highest BCUT2D eigenvalue weighted by atomic mass is 16.4. The third-order valence-electron chi connectivity index (χ3n) is 8.27. The largest absolute Gasteiger partial charge is 0.481 e. The van der Waals surface area contributed by atoms with Gasteiger partial charge in [-0.2, -0.15) is 0 Å². The van der Waals surface area contributed by atoms with Crippen molar-refractivity contribution in [2.45, 2.75) is 70.8 Å². The second kappa shape index (κ2) is 11.6. The van der Waals surface area contributed by atoms with Crippen molar-refractivity contribution in [1.82, 2.24) is 0 Å². The van der Waals surface area contributed by atoms with Gasteiger partial charge in [-0.1, -0.05) is 94.0 Å². The fourth-order valence-electron chi connectivity index (χ4n) is 6.21. The molecular formula is C34H43N2O2+. The predicted octanol–water partition coefficient (Wildman–Crippen LogP) is 6.49. The van der Waals surface area contributed by atoms with Gasteiger partial charge in [-0.3, -0.25) is 9.69 Å². The Hall–Kier alpha value is -3.37. The van der Waals surface area contributed by atoms with Crippen molar-refractivity contribution in [3.63, 3.8) is 0 Å². The Balaban J connectivity index is 1.48. The highest BCUT2D eigenvalue weighted by Crippen LogP contribution is 2.47. The number of allylic oxidation sites excluding steroid dienone is 7. The van der Waals surface area contributed by atoms with Crippen molar-refractivity contribution >= 4 is 17.3 Å². The van der Waals surface area contributed by atoms with Gasteiger partial charge in [0.1, 0.15) is 11.7 Å². The van der Waals surface area contributed by atoms with E-state index in [1.807, 2.05) is 6.07 Å². The van der Waals surface area contributed by atoms with Crippen LogP contribution in [0.4, 0.5) is 11.4 Å². The molecule has 2 N–H and O–H groups in total. The second-order valence-electron chi connectivity index (χ2n) is 11.5. The molecule has 2 aliphatic heterocycles. The number of unbranched alkanes of at least 4 members (excludes halogenated alkanes) is 1. The summed E-state index contributed by atoms with van der Waals surface area (Å²) in [5, 5.41) is 9.28. The first-order valence-electron chi connectivity index (χ1n) is 14.0. The summed E-state index contributed by atoms with van der Waals surface area (Å²) < 4.78 is 0. The SMILES string of the molecule is CCCC[NH+]1c2ccccc2C(C)(C)C1/C=C/C=C/C=C/C=C1/N(CCC(=O)O)c2ccccc2C1(C)C. The molecule has 0 fully saturated rings. The van der Waals surface area contributed by atoms with Gasteiger partial charge in [0.15, 0.2) is 0 Å². The summed E-state index contributed by atoms with van der Waals surface area (Å²) in [5.41, 5.74) is 6.28. The van der Waals surface area contributed by atoms with Crippen LogP contribution in [0, 0.1) is 0 Å². The summed E-state index contributed by atoms with van der Waals surface area (Å²) in [6.07, 6.45) is 17.5. The van der Waals surface area contributed by atoms with Crippen LogP contribution in [0.3, 0.4) is 0 Å². The number of nitrogens with one attached hydrogen (secondary N) is 1. The topological polar surface area (TPSA) is 45.0 Å². The number of quaternary nitrogens is 1. The molecule has 0 saturated carbocycles. The van der Waals surface area contributed by atoms with Crippen LogP contribution < -0.4 is 9.80 Å². The molecule has 4 rings (SSSR count).